The van der Waals surface area contributed by atoms with Crippen molar-refractivity contribution in [1.29, 1.82) is 0 Å². The van der Waals surface area contributed by atoms with Gasteiger partial charge in [-0.2, -0.15) is 0 Å². The van der Waals surface area contributed by atoms with E-state index in [1.165, 1.54) is 15.6 Å². The van der Waals surface area contributed by atoms with Gasteiger partial charge in [0.25, 0.3) is 0 Å². The molecule has 0 aliphatic carbocycles. The van der Waals surface area contributed by atoms with Gasteiger partial charge in [0.15, 0.2) is 0 Å². The van der Waals surface area contributed by atoms with E-state index in [9.17, 15) is 0 Å². The van der Waals surface area contributed by atoms with Crippen LogP contribution in [0.5, 0.6) is 0 Å². The standard InChI is InChI=1S/C10H11BrO/c11-10-4-3-9-7-12-5-1-2-8(9)6-10/h3-4,6H,1-2,5,7H2. The molecule has 1 aromatic rings. The molecule has 1 heterocycles. The predicted molar refractivity (Wildman–Crippen MR) is 52.1 cm³/mol. The van der Waals surface area contributed by atoms with Crippen molar-refractivity contribution in [2.45, 2.75) is 19.4 Å². The molecule has 0 N–H and O–H groups in total. The van der Waals surface area contributed by atoms with Crippen LogP contribution >= 0.6 is 15.9 Å². The summed E-state index contributed by atoms with van der Waals surface area (Å²) in [6.45, 7) is 1.68. The molecule has 2 heteroatoms. The summed E-state index contributed by atoms with van der Waals surface area (Å²) in [6, 6.07) is 6.42. The van der Waals surface area contributed by atoms with Crippen molar-refractivity contribution >= 4 is 15.9 Å². The van der Waals surface area contributed by atoms with Crippen LogP contribution in [0.2, 0.25) is 0 Å². The molecule has 64 valence electrons. The van der Waals surface area contributed by atoms with Crippen molar-refractivity contribution in [1.82, 2.24) is 0 Å². The quantitative estimate of drug-likeness (QED) is 0.662. The fraction of sp³-hybridized carbons (Fsp3) is 0.400. The van der Waals surface area contributed by atoms with Gasteiger partial charge in [-0.3, -0.25) is 0 Å². The Morgan fingerprint density at radius 1 is 1.25 bits per heavy atom. The first kappa shape index (κ1) is 8.27. The molecule has 1 aliphatic rings. The molecule has 0 saturated heterocycles. The van der Waals surface area contributed by atoms with Gasteiger partial charge < -0.3 is 4.74 Å². The van der Waals surface area contributed by atoms with Gasteiger partial charge in [-0.1, -0.05) is 22.0 Å². The third-order valence-corrected chi connectivity index (χ3v) is 2.65. The Labute approximate surface area is 80.9 Å². The maximum atomic E-state index is 5.45. The van der Waals surface area contributed by atoms with Crippen molar-refractivity contribution < 1.29 is 4.74 Å². The zero-order chi connectivity index (χ0) is 8.39. The summed E-state index contributed by atoms with van der Waals surface area (Å²) < 4.78 is 6.62. The number of rotatable bonds is 0. The van der Waals surface area contributed by atoms with E-state index in [4.69, 9.17) is 4.74 Å². The van der Waals surface area contributed by atoms with Gasteiger partial charge in [0.05, 0.1) is 6.61 Å². The number of ether oxygens (including phenoxy) is 1. The highest BCUT2D eigenvalue weighted by Gasteiger charge is 2.07. The van der Waals surface area contributed by atoms with E-state index in [0.29, 0.717) is 0 Å². The Hall–Kier alpha value is -0.340. The van der Waals surface area contributed by atoms with Gasteiger partial charge in [0.2, 0.25) is 0 Å². The van der Waals surface area contributed by atoms with Crippen LogP contribution in [0.3, 0.4) is 0 Å². The molecule has 1 aliphatic heterocycles. The second kappa shape index (κ2) is 3.58. The monoisotopic (exact) mass is 226 g/mol. The fourth-order valence-corrected chi connectivity index (χ4v) is 1.92. The van der Waals surface area contributed by atoms with E-state index in [1.807, 2.05) is 0 Å². The zero-order valence-corrected chi connectivity index (χ0v) is 8.43. The third kappa shape index (κ3) is 1.70. The Bertz CT molecular complexity index is 283. The Balaban J connectivity index is 2.36. The molecule has 1 aromatic carbocycles. The summed E-state index contributed by atoms with van der Waals surface area (Å²) in [5, 5.41) is 0. The molecule has 12 heavy (non-hydrogen) atoms. The van der Waals surface area contributed by atoms with Crippen LogP contribution in [-0.2, 0) is 17.8 Å². The van der Waals surface area contributed by atoms with Crippen molar-refractivity contribution in [3.8, 4) is 0 Å². The molecule has 0 atom stereocenters. The molecule has 0 radical (unpaired) electrons. The molecular formula is C10H11BrO. The largest absolute Gasteiger partial charge is 0.377 e. The summed E-state index contributed by atoms with van der Waals surface area (Å²) in [6.07, 6.45) is 2.29. The second-order valence-corrected chi connectivity index (χ2v) is 3.98. The SMILES string of the molecule is Brc1ccc2c(c1)CCCOC2. The molecule has 0 fully saturated rings. The average molecular weight is 227 g/mol. The minimum Gasteiger partial charge on any atom is -0.377 e. The molecule has 1 nitrogen and oxygen atoms in total. The molecule has 0 unspecified atom stereocenters. The van der Waals surface area contributed by atoms with E-state index >= 15 is 0 Å². The summed E-state index contributed by atoms with van der Waals surface area (Å²) in [4.78, 5) is 0. The van der Waals surface area contributed by atoms with Crippen LogP contribution < -0.4 is 0 Å². The van der Waals surface area contributed by atoms with Gasteiger partial charge >= 0.3 is 0 Å². The lowest BCUT2D eigenvalue weighted by Crippen LogP contribution is -1.91. The van der Waals surface area contributed by atoms with Gasteiger partial charge in [0, 0.05) is 11.1 Å². The number of aryl methyl sites for hydroxylation is 1. The molecule has 0 saturated carbocycles. The number of hydrogen-bond donors (Lipinski definition) is 0. The summed E-state index contributed by atoms with van der Waals surface area (Å²) in [5.74, 6) is 0. The topological polar surface area (TPSA) is 9.23 Å². The number of hydrogen-bond acceptors (Lipinski definition) is 1. The first-order chi connectivity index (χ1) is 5.86. The van der Waals surface area contributed by atoms with E-state index in [1.54, 1.807) is 0 Å². The number of fused-ring (bicyclic) bond motifs is 1. The lowest BCUT2D eigenvalue weighted by Gasteiger charge is -2.04. The normalized spacial score (nSPS) is 16.8. The maximum absolute atomic E-state index is 5.45. The van der Waals surface area contributed by atoms with Crippen molar-refractivity contribution in [3.63, 3.8) is 0 Å². The minimum atomic E-state index is 0.780. The van der Waals surface area contributed by atoms with Gasteiger partial charge in [-0.15, -0.1) is 0 Å². The second-order valence-electron chi connectivity index (χ2n) is 3.07. The van der Waals surface area contributed by atoms with Gasteiger partial charge in [-0.25, -0.2) is 0 Å². The lowest BCUT2D eigenvalue weighted by atomic mass is 10.0. The van der Waals surface area contributed by atoms with E-state index in [-0.39, 0.29) is 0 Å². The molecule has 0 spiro atoms. The maximum Gasteiger partial charge on any atom is 0.0719 e. The van der Waals surface area contributed by atoms with Crippen LogP contribution in [0.1, 0.15) is 17.5 Å². The molecular weight excluding hydrogens is 216 g/mol. The molecule has 0 amide bonds. The smallest absolute Gasteiger partial charge is 0.0719 e. The lowest BCUT2D eigenvalue weighted by molar-refractivity contribution is 0.125. The first-order valence-electron chi connectivity index (χ1n) is 4.21. The molecule has 0 aromatic heterocycles. The highest BCUT2D eigenvalue weighted by molar-refractivity contribution is 9.10. The highest BCUT2D eigenvalue weighted by Crippen LogP contribution is 2.21. The van der Waals surface area contributed by atoms with Crippen LogP contribution in [0, 0.1) is 0 Å². The van der Waals surface area contributed by atoms with Gasteiger partial charge in [0.1, 0.15) is 0 Å². The Morgan fingerprint density at radius 2 is 2.17 bits per heavy atom. The van der Waals surface area contributed by atoms with Crippen LogP contribution in [0.4, 0.5) is 0 Å². The van der Waals surface area contributed by atoms with E-state index in [0.717, 1.165) is 26.1 Å². The van der Waals surface area contributed by atoms with Crippen LogP contribution in [-0.4, -0.2) is 6.61 Å². The average Bonchev–Trinajstić information content (AvgIpc) is 2.28. The molecule has 0 bridgehead atoms. The van der Waals surface area contributed by atoms with Crippen molar-refractivity contribution in [3.05, 3.63) is 33.8 Å². The van der Waals surface area contributed by atoms with Crippen molar-refractivity contribution in [2.24, 2.45) is 0 Å². The third-order valence-electron chi connectivity index (χ3n) is 2.16. The van der Waals surface area contributed by atoms with E-state index in [2.05, 4.69) is 34.1 Å². The van der Waals surface area contributed by atoms with Crippen LogP contribution in [0.25, 0.3) is 0 Å². The Kier molecular flexibility index (Phi) is 2.47. The summed E-state index contributed by atoms with van der Waals surface area (Å²) in [5.41, 5.74) is 2.78. The highest BCUT2D eigenvalue weighted by atomic mass is 79.9. The summed E-state index contributed by atoms with van der Waals surface area (Å²) in [7, 11) is 0. The minimum absolute atomic E-state index is 0.780. The number of halogens is 1. The van der Waals surface area contributed by atoms with Crippen molar-refractivity contribution in [2.75, 3.05) is 6.61 Å². The summed E-state index contributed by atoms with van der Waals surface area (Å²) >= 11 is 3.48. The van der Waals surface area contributed by atoms with Gasteiger partial charge in [-0.05, 0) is 36.1 Å². The first-order valence-corrected chi connectivity index (χ1v) is 5.00. The predicted octanol–water partition coefficient (Wildman–Crippen LogP) is 2.91. The number of benzene rings is 1. The molecule has 2 rings (SSSR count). The van der Waals surface area contributed by atoms with E-state index < -0.39 is 0 Å². The zero-order valence-electron chi connectivity index (χ0n) is 6.85. The Morgan fingerprint density at radius 3 is 3.08 bits per heavy atom. The fourth-order valence-electron chi connectivity index (χ4n) is 1.51. The van der Waals surface area contributed by atoms with Crippen LogP contribution in [0.15, 0.2) is 22.7 Å².